The summed E-state index contributed by atoms with van der Waals surface area (Å²) in [5.41, 5.74) is 0.234. The number of hydrogen-bond acceptors (Lipinski definition) is 6. The van der Waals surface area contributed by atoms with Gasteiger partial charge < -0.3 is 24.5 Å². The number of carbonyl (C=O) groups is 2. The van der Waals surface area contributed by atoms with Crippen LogP contribution < -0.4 is 10.6 Å². The van der Waals surface area contributed by atoms with E-state index in [-0.39, 0.29) is 12.0 Å². The zero-order valence-corrected chi connectivity index (χ0v) is 18.2. The number of nitrogens with one attached hydrogen (secondary N) is 2. The van der Waals surface area contributed by atoms with Gasteiger partial charge >= 0.3 is 6.09 Å². The van der Waals surface area contributed by atoms with Crippen LogP contribution in [0.4, 0.5) is 4.79 Å². The molecule has 2 rings (SSSR count). The average molecular weight is 408 g/mol. The SMILES string of the molecule is CCC(CC)O[C@@H]1C=C(c2cnco2)C[C@H](NC(=O)OC(C)(C)C)[C@H]1NC(C)=O. The zero-order chi connectivity index (χ0) is 21.6. The van der Waals surface area contributed by atoms with Crippen LogP contribution in [0.15, 0.2) is 23.1 Å². The second kappa shape index (κ2) is 9.91. The average Bonchev–Trinajstić information content (AvgIpc) is 3.14. The highest BCUT2D eigenvalue weighted by Crippen LogP contribution is 2.30. The molecule has 162 valence electrons. The predicted molar refractivity (Wildman–Crippen MR) is 109 cm³/mol. The summed E-state index contributed by atoms with van der Waals surface area (Å²) >= 11 is 0. The molecule has 0 radical (unpaired) electrons. The zero-order valence-electron chi connectivity index (χ0n) is 18.2. The Kier molecular flexibility index (Phi) is 7.84. The van der Waals surface area contributed by atoms with E-state index >= 15 is 0 Å². The molecule has 0 unspecified atom stereocenters. The molecule has 1 aliphatic carbocycles. The normalized spacial score (nSPS) is 22.2. The summed E-state index contributed by atoms with van der Waals surface area (Å²) in [5, 5.41) is 5.85. The molecule has 0 saturated heterocycles. The van der Waals surface area contributed by atoms with Crippen LogP contribution in [0.5, 0.6) is 0 Å². The molecule has 1 aromatic rings. The minimum absolute atomic E-state index is 0.0313. The third-order valence-corrected chi connectivity index (χ3v) is 4.67. The molecular formula is C21H33N3O5. The van der Waals surface area contributed by atoms with Crippen molar-refractivity contribution in [3.05, 3.63) is 24.4 Å². The minimum atomic E-state index is -0.628. The highest BCUT2D eigenvalue weighted by Gasteiger charge is 2.38. The van der Waals surface area contributed by atoms with Crippen molar-refractivity contribution in [2.45, 2.75) is 90.7 Å². The van der Waals surface area contributed by atoms with Gasteiger partial charge in [0.05, 0.1) is 30.5 Å². The molecule has 1 aromatic heterocycles. The molecule has 3 atom stereocenters. The number of alkyl carbamates (subject to hydrolysis) is 1. The standard InChI is InChI=1S/C21H33N3O5/c1-7-15(8-2)28-17-10-14(18-11-22-12-27-18)9-16(19(17)23-13(3)25)24-20(26)29-21(4,5)6/h10-12,15-17,19H,7-9H2,1-6H3,(H,23,25)(H,24,26)/t16-,17+,19+/m0/s1. The van der Waals surface area contributed by atoms with E-state index in [0.29, 0.717) is 12.2 Å². The fourth-order valence-electron chi connectivity index (χ4n) is 3.36. The van der Waals surface area contributed by atoms with Gasteiger partial charge in [0.25, 0.3) is 0 Å². The monoisotopic (exact) mass is 407 g/mol. The number of rotatable bonds is 7. The van der Waals surface area contributed by atoms with Crippen LogP contribution in [0.2, 0.25) is 0 Å². The van der Waals surface area contributed by atoms with Crippen LogP contribution in [0.1, 0.15) is 66.6 Å². The van der Waals surface area contributed by atoms with Gasteiger partial charge in [-0.25, -0.2) is 9.78 Å². The van der Waals surface area contributed by atoms with Gasteiger partial charge in [0, 0.05) is 6.92 Å². The molecule has 0 spiro atoms. The molecule has 0 aromatic carbocycles. The van der Waals surface area contributed by atoms with E-state index in [0.717, 1.165) is 18.4 Å². The quantitative estimate of drug-likeness (QED) is 0.718. The van der Waals surface area contributed by atoms with Crippen molar-refractivity contribution in [1.29, 1.82) is 0 Å². The lowest BCUT2D eigenvalue weighted by Crippen LogP contribution is -2.59. The molecule has 1 heterocycles. The molecule has 2 N–H and O–H groups in total. The van der Waals surface area contributed by atoms with E-state index in [1.54, 1.807) is 27.0 Å². The number of hydrogen-bond donors (Lipinski definition) is 2. The van der Waals surface area contributed by atoms with E-state index in [1.807, 2.05) is 6.08 Å². The third kappa shape index (κ3) is 6.88. The molecule has 2 amide bonds. The predicted octanol–water partition coefficient (Wildman–Crippen LogP) is 3.43. The summed E-state index contributed by atoms with van der Waals surface area (Å²) in [6, 6.07) is -0.870. The molecule has 1 aliphatic rings. The molecule has 0 saturated carbocycles. The smallest absolute Gasteiger partial charge is 0.407 e. The molecule has 8 heteroatoms. The first kappa shape index (κ1) is 22.9. The van der Waals surface area contributed by atoms with Crippen molar-refractivity contribution in [2.24, 2.45) is 0 Å². The Bertz CT molecular complexity index is 704. The van der Waals surface area contributed by atoms with Crippen LogP contribution in [0.25, 0.3) is 5.57 Å². The maximum Gasteiger partial charge on any atom is 0.407 e. The molecule has 8 nitrogen and oxygen atoms in total. The van der Waals surface area contributed by atoms with E-state index in [4.69, 9.17) is 13.9 Å². The van der Waals surface area contributed by atoms with Gasteiger partial charge in [0.2, 0.25) is 5.91 Å². The fraction of sp³-hybridized carbons (Fsp3) is 0.667. The van der Waals surface area contributed by atoms with Crippen LogP contribution in [-0.4, -0.2) is 46.9 Å². The number of carbonyl (C=O) groups excluding carboxylic acids is 2. The summed E-state index contributed by atoms with van der Waals surface area (Å²) in [6.45, 7) is 11.0. The topological polar surface area (TPSA) is 103 Å². The van der Waals surface area contributed by atoms with Gasteiger partial charge in [0.15, 0.2) is 6.39 Å². The van der Waals surface area contributed by atoms with Crippen molar-refractivity contribution in [3.63, 3.8) is 0 Å². The van der Waals surface area contributed by atoms with Crippen molar-refractivity contribution in [1.82, 2.24) is 15.6 Å². The van der Waals surface area contributed by atoms with Gasteiger partial charge in [-0.15, -0.1) is 0 Å². The lowest BCUT2D eigenvalue weighted by atomic mass is 9.86. The lowest BCUT2D eigenvalue weighted by Gasteiger charge is -2.38. The number of amides is 2. The minimum Gasteiger partial charge on any atom is -0.444 e. The molecule has 29 heavy (non-hydrogen) atoms. The fourth-order valence-corrected chi connectivity index (χ4v) is 3.36. The first-order valence-electron chi connectivity index (χ1n) is 10.1. The molecule has 0 fully saturated rings. The Morgan fingerprint density at radius 3 is 2.48 bits per heavy atom. The molecule has 0 aliphatic heterocycles. The van der Waals surface area contributed by atoms with Crippen molar-refractivity contribution in [3.8, 4) is 0 Å². The number of oxazole rings is 1. The summed E-state index contributed by atoms with van der Waals surface area (Å²) < 4.78 is 17.2. The van der Waals surface area contributed by atoms with Gasteiger partial charge in [-0.1, -0.05) is 13.8 Å². The second-order valence-corrected chi connectivity index (χ2v) is 8.28. The van der Waals surface area contributed by atoms with Crippen LogP contribution in [0, 0.1) is 0 Å². The Morgan fingerprint density at radius 1 is 1.28 bits per heavy atom. The number of nitrogens with zero attached hydrogens (tertiary/aromatic N) is 1. The highest BCUT2D eigenvalue weighted by atomic mass is 16.6. The first-order chi connectivity index (χ1) is 13.6. The van der Waals surface area contributed by atoms with E-state index in [2.05, 4.69) is 29.5 Å². The maximum atomic E-state index is 12.5. The third-order valence-electron chi connectivity index (χ3n) is 4.67. The lowest BCUT2D eigenvalue weighted by molar-refractivity contribution is -0.121. The maximum absolute atomic E-state index is 12.5. The second-order valence-electron chi connectivity index (χ2n) is 8.28. The van der Waals surface area contributed by atoms with Crippen LogP contribution in [0.3, 0.4) is 0 Å². The summed E-state index contributed by atoms with van der Waals surface area (Å²) in [7, 11) is 0. The van der Waals surface area contributed by atoms with Gasteiger partial charge in [-0.2, -0.15) is 0 Å². The highest BCUT2D eigenvalue weighted by molar-refractivity contribution is 5.75. The summed E-state index contributed by atoms with van der Waals surface area (Å²) in [6.07, 6.45) is 6.13. The largest absolute Gasteiger partial charge is 0.444 e. The van der Waals surface area contributed by atoms with E-state index in [9.17, 15) is 9.59 Å². The Hall–Kier alpha value is -2.35. The number of aromatic nitrogens is 1. The van der Waals surface area contributed by atoms with Crippen LogP contribution >= 0.6 is 0 Å². The van der Waals surface area contributed by atoms with Crippen molar-refractivity contribution in [2.75, 3.05) is 0 Å². The van der Waals surface area contributed by atoms with E-state index < -0.39 is 29.9 Å². The number of ether oxygens (including phenoxy) is 2. The van der Waals surface area contributed by atoms with Gasteiger partial charge in [-0.05, 0) is 51.7 Å². The first-order valence-corrected chi connectivity index (χ1v) is 10.1. The Morgan fingerprint density at radius 2 is 1.97 bits per heavy atom. The van der Waals surface area contributed by atoms with Crippen LogP contribution in [-0.2, 0) is 14.3 Å². The molecular weight excluding hydrogens is 374 g/mol. The van der Waals surface area contributed by atoms with Gasteiger partial charge in [-0.3, -0.25) is 4.79 Å². The van der Waals surface area contributed by atoms with Crippen molar-refractivity contribution < 1.29 is 23.5 Å². The van der Waals surface area contributed by atoms with Gasteiger partial charge in [0.1, 0.15) is 11.4 Å². The molecule has 0 bridgehead atoms. The Balaban J connectivity index is 2.34. The van der Waals surface area contributed by atoms with Crippen molar-refractivity contribution >= 4 is 17.6 Å². The van der Waals surface area contributed by atoms with E-state index in [1.165, 1.54) is 13.3 Å². The summed E-state index contributed by atoms with van der Waals surface area (Å²) in [4.78, 5) is 28.3. The Labute approximate surface area is 172 Å². The summed E-state index contributed by atoms with van der Waals surface area (Å²) in [5.74, 6) is 0.418.